The summed E-state index contributed by atoms with van der Waals surface area (Å²) in [5.74, 6) is 2.63. The molecule has 0 fully saturated rings. The van der Waals surface area contributed by atoms with Gasteiger partial charge in [-0.1, -0.05) is 29.3 Å². The molecule has 8 heteroatoms. The Morgan fingerprint density at radius 2 is 1.96 bits per heavy atom. The number of furan rings is 1. The van der Waals surface area contributed by atoms with Crippen molar-refractivity contribution in [3.05, 3.63) is 59.1 Å². The van der Waals surface area contributed by atoms with Crippen LogP contribution in [-0.4, -0.2) is 34.2 Å². The van der Waals surface area contributed by atoms with Gasteiger partial charge in [-0.25, -0.2) is 9.98 Å². The number of nitrogens with zero attached hydrogens (tertiary/aromatic N) is 3. The Kier molecular flexibility index (Phi) is 8.49. The first kappa shape index (κ1) is 21.9. The van der Waals surface area contributed by atoms with Gasteiger partial charge in [0.15, 0.2) is 11.7 Å². The van der Waals surface area contributed by atoms with Gasteiger partial charge in [0.05, 0.1) is 6.26 Å². The van der Waals surface area contributed by atoms with Gasteiger partial charge in [0, 0.05) is 13.1 Å². The summed E-state index contributed by atoms with van der Waals surface area (Å²) in [5, 5.41) is 13.7. The van der Waals surface area contributed by atoms with Crippen LogP contribution in [0.5, 0.6) is 0 Å². The highest BCUT2D eigenvalue weighted by Gasteiger charge is 2.08. The molecular formula is C20H27IN6O. The second-order valence-corrected chi connectivity index (χ2v) is 6.45. The molecule has 0 aliphatic carbocycles. The fraction of sp³-hybridized carbons (Fsp3) is 0.350. The van der Waals surface area contributed by atoms with E-state index in [9.17, 15) is 0 Å². The monoisotopic (exact) mass is 494 g/mol. The van der Waals surface area contributed by atoms with E-state index in [4.69, 9.17) is 4.42 Å². The number of halogens is 1. The molecule has 0 atom stereocenters. The number of hydrogen-bond donors (Lipinski definition) is 3. The van der Waals surface area contributed by atoms with Crippen LogP contribution in [-0.2, 0) is 13.0 Å². The molecule has 0 spiro atoms. The second kappa shape index (κ2) is 10.8. The first-order valence-corrected chi connectivity index (χ1v) is 9.18. The van der Waals surface area contributed by atoms with E-state index in [0.29, 0.717) is 24.0 Å². The summed E-state index contributed by atoms with van der Waals surface area (Å²) in [6.07, 6.45) is 2.55. The van der Waals surface area contributed by atoms with Crippen molar-refractivity contribution in [1.29, 1.82) is 0 Å². The largest absolute Gasteiger partial charge is 0.461 e. The number of H-pyrrole nitrogens is 1. The maximum Gasteiger partial charge on any atom is 0.216 e. The second-order valence-electron chi connectivity index (χ2n) is 6.45. The van der Waals surface area contributed by atoms with Gasteiger partial charge in [-0.05, 0) is 44.9 Å². The third kappa shape index (κ3) is 6.36. The Balaban J connectivity index is 0.00000280. The van der Waals surface area contributed by atoms with Crippen molar-refractivity contribution in [3.63, 3.8) is 0 Å². The molecular weight excluding hydrogens is 467 g/mol. The summed E-state index contributed by atoms with van der Waals surface area (Å²) < 4.78 is 5.30. The number of aromatic amines is 1. The predicted octanol–water partition coefficient (Wildman–Crippen LogP) is 3.60. The molecule has 0 amide bonds. The SMILES string of the molecule is CCNC(=NCc1nc(-c2ccco2)n[nH]1)NCCc1cc(C)cc(C)c1.I. The zero-order chi connectivity index (χ0) is 19.1. The Hall–Kier alpha value is -2.36. The zero-order valence-corrected chi connectivity index (χ0v) is 18.8. The van der Waals surface area contributed by atoms with E-state index in [1.807, 2.05) is 19.1 Å². The number of benzene rings is 1. The third-order valence-electron chi connectivity index (χ3n) is 3.99. The first-order chi connectivity index (χ1) is 13.1. The Morgan fingerprint density at radius 3 is 2.64 bits per heavy atom. The standard InChI is InChI=1S/C20H26N6O.HI/c1-4-21-20(22-8-7-16-11-14(2)10-15(3)12-16)23-13-18-24-19(26-25-18)17-6-5-9-27-17;/h5-6,9-12H,4,7-8,13H2,1-3H3,(H2,21,22,23)(H,24,25,26);1H. The molecule has 2 aromatic heterocycles. The van der Waals surface area contributed by atoms with E-state index >= 15 is 0 Å². The molecule has 150 valence electrons. The lowest BCUT2D eigenvalue weighted by molar-refractivity contribution is 0.577. The predicted molar refractivity (Wildman–Crippen MR) is 122 cm³/mol. The molecule has 2 heterocycles. The van der Waals surface area contributed by atoms with Crippen LogP contribution in [0.3, 0.4) is 0 Å². The first-order valence-electron chi connectivity index (χ1n) is 9.18. The highest BCUT2D eigenvalue weighted by molar-refractivity contribution is 14.0. The quantitative estimate of drug-likeness (QED) is 0.265. The molecule has 3 N–H and O–H groups in total. The van der Waals surface area contributed by atoms with Crippen molar-refractivity contribution in [3.8, 4) is 11.6 Å². The van der Waals surface area contributed by atoms with Gasteiger partial charge in [-0.2, -0.15) is 0 Å². The fourth-order valence-electron chi connectivity index (χ4n) is 2.92. The maximum atomic E-state index is 5.30. The summed E-state index contributed by atoms with van der Waals surface area (Å²) in [4.78, 5) is 8.98. The lowest BCUT2D eigenvalue weighted by atomic mass is 10.1. The van der Waals surface area contributed by atoms with E-state index in [2.05, 4.69) is 62.9 Å². The summed E-state index contributed by atoms with van der Waals surface area (Å²) in [6.45, 7) is 8.32. The number of aromatic nitrogens is 3. The molecule has 0 saturated carbocycles. The van der Waals surface area contributed by atoms with Gasteiger partial charge < -0.3 is 15.1 Å². The summed E-state index contributed by atoms with van der Waals surface area (Å²) in [5.41, 5.74) is 3.92. The topological polar surface area (TPSA) is 91.1 Å². The summed E-state index contributed by atoms with van der Waals surface area (Å²) in [6, 6.07) is 10.3. The molecule has 3 rings (SSSR count). The maximum absolute atomic E-state index is 5.30. The third-order valence-corrected chi connectivity index (χ3v) is 3.99. The lowest BCUT2D eigenvalue weighted by Crippen LogP contribution is -2.38. The molecule has 0 saturated heterocycles. The van der Waals surface area contributed by atoms with Crippen LogP contribution in [0, 0.1) is 13.8 Å². The summed E-state index contributed by atoms with van der Waals surface area (Å²) in [7, 11) is 0. The number of aliphatic imine (C=N–C) groups is 1. The highest BCUT2D eigenvalue weighted by atomic mass is 127. The van der Waals surface area contributed by atoms with Crippen molar-refractivity contribution < 1.29 is 4.42 Å². The van der Waals surface area contributed by atoms with Crippen LogP contribution in [0.4, 0.5) is 0 Å². The van der Waals surface area contributed by atoms with Crippen LogP contribution in [0.1, 0.15) is 29.4 Å². The number of hydrogen-bond acceptors (Lipinski definition) is 4. The highest BCUT2D eigenvalue weighted by Crippen LogP contribution is 2.14. The van der Waals surface area contributed by atoms with Gasteiger partial charge in [0.25, 0.3) is 0 Å². The molecule has 3 aromatic rings. The number of rotatable bonds is 7. The van der Waals surface area contributed by atoms with Crippen LogP contribution in [0.25, 0.3) is 11.6 Å². The molecule has 0 aliphatic heterocycles. The molecule has 1 aromatic carbocycles. The fourth-order valence-corrected chi connectivity index (χ4v) is 2.92. The normalized spacial score (nSPS) is 11.2. The van der Waals surface area contributed by atoms with E-state index in [-0.39, 0.29) is 24.0 Å². The van der Waals surface area contributed by atoms with E-state index in [1.165, 1.54) is 16.7 Å². The molecule has 7 nitrogen and oxygen atoms in total. The zero-order valence-electron chi connectivity index (χ0n) is 16.5. The molecule has 0 aliphatic rings. The number of aryl methyl sites for hydroxylation is 2. The molecule has 0 bridgehead atoms. The van der Waals surface area contributed by atoms with E-state index in [1.54, 1.807) is 6.26 Å². The van der Waals surface area contributed by atoms with Crippen LogP contribution in [0.15, 0.2) is 46.0 Å². The number of nitrogens with one attached hydrogen (secondary N) is 3. The van der Waals surface area contributed by atoms with E-state index < -0.39 is 0 Å². The van der Waals surface area contributed by atoms with Crippen LogP contribution < -0.4 is 10.6 Å². The molecule has 0 unspecified atom stereocenters. The minimum atomic E-state index is 0. The Bertz CT molecular complexity index is 868. The smallest absolute Gasteiger partial charge is 0.216 e. The molecule has 28 heavy (non-hydrogen) atoms. The van der Waals surface area contributed by atoms with Crippen molar-refractivity contribution >= 4 is 29.9 Å². The van der Waals surface area contributed by atoms with Gasteiger partial charge in [-0.15, -0.1) is 29.1 Å². The minimum Gasteiger partial charge on any atom is -0.461 e. The average Bonchev–Trinajstić information content (AvgIpc) is 3.30. The summed E-state index contributed by atoms with van der Waals surface area (Å²) >= 11 is 0. The van der Waals surface area contributed by atoms with Crippen molar-refractivity contribution in [2.75, 3.05) is 13.1 Å². The van der Waals surface area contributed by atoms with Crippen molar-refractivity contribution in [1.82, 2.24) is 25.8 Å². The Morgan fingerprint density at radius 1 is 1.18 bits per heavy atom. The average molecular weight is 494 g/mol. The lowest BCUT2D eigenvalue weighted by Gasteiger charge is -2.11. The number of guanidine groups is 1. The minimum absolute atomic E-state index is 0. The van der Waals surface area contributed by atoms with Gasteiger partial charge >= 0.3 is 0 Å². The van der Waals surface area contributed by atoms with Crippen molar-refractivity contribution in [2.45, 2.75) is 33.7 Å². The van der Waals surface area contributed by atoms with Crippen LogP contribution in [0.2, 0.25) is 0 Å². The van der Waals surface area contributed by atoms with Crippen molar-refractivity contribution in [2.24, 2.45) is 4.99 Å². The van der Waals surface area contributed by atoms with Gasteiger partial charge in [0.2, 0.25) is 5.82 Å². The van der Waals surface area contributed by atoms with E-state index in [0.717, 1.165) is 25.5 Å². The van der Waals surface area contributed by atoms with Gasteiger partial charge in [-0.3, -0.25) is 5.10 Å². The van der Waals surface area contributed by atoms with Gasteiger partial charge in [0.1, 0.15) is 12.4 Å². The van der Waals surface area contributed by atoms with Crippen LogP contribution >= 0.6 is 24.0 Å². The molecule has 0 radical (unpaired) electrons. The Labute approximate surface area is 182 Å².